The third-order valence-electron chi connectivity index (χ3n) is 2.27. The molecule has 0 fully saturated rings. The van der Waals surface area contributed by atoms with Gasteiger partial charge in [0.05, 0.1) is 0 Å². The van der Waals surface area contributed by atoms with Gasteiger partial charge in [0.25, 0.3) is 0 Å². The lowest BCUT2D eigenvalue weighted by atomic mass is 10.1. The van der Waals surface area contributed by atoms with Gasteiger partial charge in [-0.15, -0.1) is 0 Å². The predicted molar refractivity (Wildman–Crippen MR) is 67.1 cm³/mol. The molecule has 4 nitrogen and oxygen atoms in total. The third-order valence-corrected chi connectivity index (χ3v) is 2.64. The largest absolute Gasteiger partial charge is 0.309 e. The Morgan fingerprint density at radius 2 is 2.24 bits per heavy atom. The smallest absolute Gasteiger partial charge is 0.222 e. The minimum absolute atomic E-state index is 0.138. The predicted octanol–water partition coefficient (Wildman–Crippen LogP) is 2.61. The average molecular weight is 250 g/mol. The monoisotopic (exact) mass is 249 g/mol. The number of carbonyl (C=O) groups excluding carboxylic acids is 1. The van der Waals surface area contributed by atoms with Crippen molar-refractivity contribution in [2.75, 3.05) is 5.32 Å². The molecule has 0 aliphatic heterocycles. The minimum Gasteiger partial charge on any atom is -0.309 e. The van der Waals surface area contributed by atoms with Crippen molar-refractivity contribution < 1.29 is 4.79 Å². The maximum atomic E-state index is 10.8. The Kier molecular flexibility index (Phi) is 3.44. The summed E-state index contributed by atoms with van der Waals surface area (Å²) in [4.78, 5) is 10.8. The summed E-state index contributed by atoms with van der Waals surface area (Å²) in [5, 5.41) is 10.2. The lowest BCUT2D eigenvalue weighted by molar-refractivity contribution is -0.114. The number of aromatic amines is 1. The molecule has 1 aromatic heterocycles. The van der Waals surface area contributed by atoms with E-state index in [0.29, 0.717) is 12.2 Å². The number of halogens is 1. The van der Waals surface area contributed by atoms with Crippen LogP contribution >= 0.6 is 11.6 Å². The lowest BCUT2D eigenvalue weighted by Crippen LogP contribution is -2.05. The quantitative estimate of drug-likeness (QED) is 0.879. The van der Waals surface area contributed by atoms with E-state index < -0.39 is 0 Å². The molecule has 1 amide bonds. The van der Waals surface area contributed by atoms with E-state index in [-0.39, 0.29) is 5.91 Å². The summed E-state index contributed by atoms with van der Waals surface area (Å²) in [6, 6.07) is 9.43. The summed E-state index contributed by atoms with van der Waals surface area (Å²) in [6.45, 7) is 1.45. The first-order chi connectivity index (χ1) is 8.15. The van der Waals surface area contributed by atoms with Crippen LogP contribution in [0.5, 0.6) is 0 Å². The van der Waals surface area contributed by atoms with E-state index >= 15 is 0 Å². The molecule has 0 atom stereocenters. The maximum Gasteiger partial charge on any atom is 0.222 e. The van der Waals surface area contributed by atoms with Crippen molar-refractivity contribution in [1.29, 1.82) is 0 Å². The van der Waals surface area contributed by atoms with Crippen molar-refractivity contribution in [3.8, 4) is 0 Å². The van der Waals surface area contributed by atoms with Crippen LogP contribution in [0.3, 0.4) is 0 Å². The second kappa shape index (κ2) is 5.01. The maximum absolute atomic E-state index is 10.8. The molecule has 0 aliphatic rings. The SMILES string of the molecule is CC(=O)Nc1cc(Cc2ccccc2Cl)[nH]n1. The van der Waals surface area contributed by atoms with E-state index in [0.717, 1.165) is 16.3 Å². The first-order valence-electron chi connectivity index (χ1n) is 5.20. The topological polar surface area (TPSA) is 57.8 Å². The van der Waals surface area contributed by atoms with Gasteiger partial charge in [0, 0.05) is 30.1 Å². The summed E-state index contributed by atoms with van der Waals surface area (Å²) in [5.74, 6) is 0.389. The van der Waals surface area contributed by atoms with Crippen LogP contribution in [0.4, 0.5) is 5.82 Å². The van der Waals surface area contributed by atoms with E-state index in [9.17, 15) is 4.79 Å². The molecule has 1 heterocycles. The Labute approximate surface area is 104 Å². The number of carbonyl (C=O) groups is 1. The number of hydrogen-bond acceptors (Lipinski definition) is 2. The summed E-state index contributed by atoms with van der Waals surface area (Å²) < 4.78 is 0. The van der Waals surface area contributed by atoms with Gasteiger partial charge in [-0.05, 0) is 11.6 Å². The van der Waals surface area contributed by atoms with Gasteiger partial charge in [-0.1, -0.05) is 29.8 Å². The van der Waals surface area contributed by atoms with E-state index in [1.165, 1.54) is 6.92 Å². The van der Waals surface area contributed by atoms with Crippen LogP contribution in [-0.2, 0) is 11.2 Å². The zero-order valence-corrected chi connectivity index (χ0v) is 10.1. The summed E-state index contributed by atoms with van der Waals surface area (Å²) >= 11 is 6.06. The van der Waals surface area contributed by atoms with Gasteiger partial charge in [-0.3, -0.25) is 9.89 Å². The van der Waals surface area contributed by atoms with Crippen molar-refractivity contribution >= 4 is 23.3 Å². The number of benzene rings is 1. The number of nitrogens with one attached hydrogen (secondary N) is 2. The Bertz CT molecular complexity index is 536. The summed E-state index contributed by atoms with van der Waals surface area (Å²) in [7, 11) is 0. The van der Waals surface area contributed by atoms with Crippen molar-refractivity contribution in [3.63, 3.8) is 0 Å². The third kappa shape index (κ3) is 3.07. The Balaban J connectivity index is 2.12. The van der Waals surface area contributed by atoms with Gasteiger partial charge in [-0.25, -0.2) is 0 Å². The fourth-order valence-corrected chi connectivity index (χ4v) is 1.75. The van der Waals surface area contributed by atoms with E-state index in [1.54, 1.807) is 6.07 Å². The molecule has 0 saturated heterocycles. The van der Waals surface area contributed by atoms with Crippen molar-refractivity contribution in [3.05, 3.63) is 46.6 Å². The van der Waals surface area contributed by atoms with E-state index in [1.807, 2.05) is 24.3 Å². The highest BCUT2D eigenvalue weighted by Crippen LogP contribution is 2.19. The van der Waals surface area contributed by atoms with Crippen LogP contribution < -0.4 is 5.32 Å². The molecular formula is C12H12ClN3O. The number of amides is 1. The first-order valence-corrected chi connectivity index (χ1v) is 5.58. The average Bonchev–Trinajstić information content (AvgIpc) is 2.68. The van der Waals surface area contributed by atoms with Crippen molar-refractivity contribution in [1.82, 2.24) is 10.2 Å². The van der Waals surface area contributed by atoms with Crippen LogP contribution in [0, 0.1) is 0 Å². The van der Waals surface area contributed by atoms with E-state index in [4.69, 9.17) is 11.6 Å². The second-order valence-electron chi connectivity index (χ2n) is 3.73. The molecule has 1 aromatic carbocycles. The normalized spacial score (nSPS) is 10.2. The fraction of sp³-hybridized carbons (Fsp3) is 0.167. The second-order valence-corrected chi connectivity index (χ2v) is 4.13. The van der Waals surface area contributed by atoms with Crippen LogP contribution in [0.15, 0.2) is 30.3 Å². The van der Waals surface area contributed by atoms with Gasteiger partial charge in [0.1, 0.15) is 0 Å². The Morgan fingerprint density at radius 3 is 2.94 bits per heavy atom. The summed E-state index contributed by atoms with van der Waals surface area (Å²) in [5.41, 5.74) is 1.93. The van der Waals surface area contributed by atoms with Gasteiger partial charge in [-0.2, -0.15) is 5.10 Å². The van der Waals surface area contributed by atoms with E-state index in [2.05, 4.69) is 15.5 Å². The van der Waals surface area contributed by atoms with Gasteiger partial charge < -0.3 is 5.32 Å². The molecule has 2 aromatic rings. The number of nitrogens with zero attached hydrogens (tertiary/aromatic N) is 1. The highest BCUT2D eigenvalue weighted by Gasteiger charge is 2.05. The molecule has 0 bridgehead atoms. The fourth-order valence-electron chi connectivity index (χ4n) is 1.54. The van der Waals surface area contributed by atoms with Gasteiger partial charge in [0.2, 0.25) is 5.91 Å². The molecule has 5 heteroatoms. The highest BCUT2D eigenvalue weighted by molar-refractivity contribution is 6.31. The Morgan fingerprint density at radius 1 is 1.47 bits per heavy atom. The van der Waals surface area contributed by atoms with Gasteiger partial charge in [0.15, 0.2) is 5.82 Å². The molecule has 0 saturated carbocycles. The molecule has 2 rings (SSSR count). The number of rotatable bonds is 3. The highest BCUT2D eigenvalue weighted by atomic mass is 35.5. The number of aromatic nitrogens is 2. The zero-order valence-electron chi connectivity index (χ0n) is 9.33. The summed E-state index contributed by atoms with van der Waals surface area (Å²) in [6.07, 6.45) is 0.659. The number of hydrogen-bond donors (Lipinski definition) is 2. The minimum atomic E-state index is -0.138. The molecule has 0 radical (unpaired) electrons. The Hall–Kier alpha value is -1.81. The lowest BCUT2D eigenvalue weighted by Gasteiger charge is -2.00. The molecule has 0 unspecified atom stereocenters. The first kappa shape index (κ1) is 11.7. The van der Waals surface area contributed by atoms with Crippen LogP contribution in [0.1, 0.15) is 18.2 Å². The molecule has 2 N–H and O–H groups in total. The van der Waals surface area contributed by atoms with Crippen molar-refractivity contribution in [2.45, 2.75) is 13.3 Å². The molecule has 88 valence electrons. The number of H-pyrrole nitrogens is 1. The molecule has 17 heavy (non-hydrogen) atoms. The molecule has 0 spiro atoms. The van der Waals surface area contributed by atoms with Crippen LogP contribution in [0.2, 0.25) is 5.02 Å². The standard InChI is InChI=1S/C12H12ClN3O/c1-8(17)14-12-7-10(15-16-12)6-9-4-2-3-5-11(9)13/h2-5,7H,6H2,1H3,(H2,14,15,16,17). The van der Waals surface area contributed by atoms with Gasteiger partial charge >= 0.3 is 0 Å². The number of anilines is 1. The molecule has 0 aliphatic carbocycles. The van der Waals surface area contributed by atoms with Crippen LogP contribution in [0.25, 0.3) is 0 Å². The molecular weight excluding hydrogens is 238 g/mol. The van der Waals surface area contributed by atoms with Crippen molar-refractivity contribution in [2.24, 2.45) is 0 Å². The van der Waals surface area contributed by atoms with Crippen LogP contribution in [-0.4, -0.2) is 16.1 Å². The zero-order chi connectivity index (χ0) is 12.3.